The Morgan fingerprint density at radius 3 is 1.68 bits per heavy atom. The van der Waals surface area contributed by atoms with Crippen molar-refractivity contribution in [3.63, 3.8) is 0 Å². The molecule has 3 rings (SSSR count). The van der Waals surface area contributed by atoms with Crippen LogP contribution in [0, 0.1) is 6.92 Å². The number of amidine groups is 1. The zero-order chi connectivity index (χ0) is 27.5. The van der Waals surface area contributed by atoms with Gasteiger partial charge in [0.15, 0.2) is 0 Å². The van der Waals surface area contributed by atoms with Crippen molar-refractivity contribution < 1.29 is 0 Å². The summed E-state index contributed by atoms with van der Waals surface area (Å²) >= 11 is 0. The monoisotopic (exact) mass is 514 g/mol. The van der Waals surface area contributed by atoms with Crippen LogP contribution in [0.1, 0.15) is 91.5 Å². The largest absolute Gasteiger partial charge is 0.303 e. The number of anilines is 1. The van der Waals surface area contributed by atoms with Crippen LogP contribution >= 0.6 is 8.07 Å². The fraction of sp³-hybridized carbons (Fsp3) is 0.441. The van der Waals surface area contributed by atoms with Crippen LogP contribution in [0.25, 0.3) is 0 Å². The summed E-state index contributed by atoms with van der Waals surface area (Å²) in [5.41, 5.74) is 8.35. The van der Waals surface area contributed by atoms with E-state index in [9.17, 15) is 0 Å². The fourth-order valence-corrected chi connectivity index (χ4v) is 7.87. The predicted molar refractivity (Wildman–Crippen MR) is 167 cm³/mol. The SMILES string of the molecule is Cc1ccc(/C(=N\c2ccccc2C(C)(C)C)N(c2ccccc2C(C)(C)C)P(C(C)C)C(C)C)cc1. The molecule has 0 unspecified atom stereocenters. The third-order valence-electron chi connectivity index (χ3n) is 6.68. The highest BCUT2D eigenvalue weighted by Gasteiger charge is 2.33. The number of para-hydroxylation sites is 2. The van der Waals surface area contributed by atoms with Crippen LogP contribution < -0.4 is 4.67 Å². The molecule has 0 radical (unpaired) electrons. The fourth-order valence-electron chi connectivity index (χ4n) is 4.95. The summed E-state index contributed by atoms with van der Waals surface area (Å²) < 4.78 is 2.62. The smallest absolute Gasteiger partial charge is 0.144 e. The van der Waals surface area contributed by atoms with Crippen LogP contribution in [0.4, 0.5) is 11.4 Å². The Morgan fingerprint density at radius 2 is 1.16 bits per heavy atom. The van der Waals surface area contributed by atoms with E-state index >= 15 is 0 Å². The molecule has 0 saturated carbocycles. The summed E-state index contributed by atoms with van der Waals surface area (Å²) in [5, 5.41) is 0. The van der Waals surface area contributed by atoms with E-state index < -0.39 is 8.07 Å². The van der Waals surface area contributed by atoms with Crippen molar-refractivity contribution in [2.24, 2.45) is 4.99 Å². The molecule has 0 atom stereocenters. The second-order valence-electron chi connectivity index (χ2n) is 12.7. The molecule has 0 aliphatic rings. The molecule has 0 bridgehead atoms. The molecule has 198 valence electrons. The average molecular weight is 515 g/mol. The Hall–Kier alpha value is -2.44. The number of aryl methyl sites for hydroxylation is 1. The Labute approximate surface area is 228 Å². The average Bonchev–Trinajstić information content (AvgIpc) is 2.80. The van der Waals surface area contributed by atoms with Crippen LogP contribution in [0.5, 0.6) is 0 Å². The number of hydrogen-bond acceptors (Lipinski definition) is 1. The van der Waals surface area contributed by atoms with Gasteiger partial charge in [-0.3, -0.25) is 0 Å². The van der Waals surface area contributed by atoms with E-state index in [1.807, 2.05) is 0 Å². The molecule has 3 aromatic rings. The van der Waals surface area contributed by atoms with Crippen molar-refractivity contribution >= 4 is 25.3 Å². The number of hydrogen-bond donors (Lipinski definition) is 0. The first-order chi connectivity index (χ1) is 17.2. The maximum Gasteiger partial charge on any atom is 0.144 e. The highest BCUT2D eigenvalue weighted by molar-refractivity contribution is 7.61. The molecule has 0 aliphatic heterocycles. The minimum atomic E-state index is -0.584. The molecule has 37 heavy (non-hydrogen) atoms. The number of rotatable bonds is 6. The molecule has 0 aliphatic carbocycles. The van der Waals surface area contributed by atoms with Gasteiger partial charge < -0.3 is 4.67 Å². The molecule has 0 fully saturated rings. The van der Waals surface area contributed by atoms with E-state index in [0.29, 0.717) is 11.3 Å². The minimum Gasteiger partial charge on any atom is -0.303 e. The number of nitrogens with zero attached hydrogens (tertiary/aromatic N) is 2. The second-order valence-corrected chi connectivity index (χ2v) is 15.9. The number of benzene rings is 3. The second kappa shape index (κ2) is 11.5. The van der Waals surface area contributed by atoms with E-state index in [-0.39, 0.29) is 10.8 Å². The van der Waals surface area contributed by atoms with Crippen LogP contribution in [0.15, 0.2) is 77.8 Å². The van der Waals surface area contributed by atoms with Crippen LogP contribution in [0.2, 0.25) is 0 Å². The summed E-state index contributed by atoms with van der Waals surface area (Å²) in [6.07, 6.45) is 0. The topological polar surface area (TPSA) is 15.6 Å². The van der Waals surface area contributed by atoms with Gasteiger partial charge in [0.25, 0.3) is 0 Å². The van der Waals surface area contributed by atoms with Crippen molar-refractivity contribution in [3.05, 3.63) is 95.1 Å². The van der Waals surface area contributed by atoms with Gasteiger partial charge in [0.2, 0.25) is 0 Å². The Balaban J connectivity index is 2.46. The zero-order valence-corrected chi connectivity index (χ0v) is 25.8. The van der Waals surface area contributed by atoms with E-state index in [1.54, 1.807) is 0 Å². The van der Waals surface area contributed by atoms with Gasteiger partial charge in [-0.2, -0.15) is 0 Å². The lowest BCUT2D eigenvalue weighted by Gasteiger charge is -2.42. The van der Waals surface area contributed by atoms with Gasteiger partial charge in [-0.05, 0) is 52.3 Å². The van der Waals surface area contributed by atoms with Crippen molar-refractivity contribution in [3.8, 4) is 0 Å². The van der Waals surface area contributed by atoms with Gasteiger partial charge in [0.1, 0.15) is 5.84 Å². The van der Waals surface area contributed by atoms with Crippen molar-refractivity contribution in [1.29, 1.82) is 0 Å². The lowest BCUT2D eigenvalue weighted by Crippen LogP contribution is -2.34. The molecular weight excluding hydrogens is 467 g/mol. The van der Waals surface area contributed by atoms with Gasteiger partial charge in [0, 0.05) is 19.3 Å². The summed E-state index contributed by atoms with van der Waals surface area (Å²) in [7, 11) is -0.584. The molecule has 3 heteroatoms. The molecule has 0 heterocycles. The minimum absolute atomic E-state index is 0.00546. The first-order valence-corrected chi connectivity index (χ1v) is 15.1. The van der Waals surface area contributed by atoms with Crippen molar-refractivity contribution in [1.82, 2.24) is 0 Å². The lowest BCUT2D eigenvalue weighted by molar-refractivity contribution is 0.591. The van der Waals surface area contributed by atoms with Gasteiger partial charge >= 0.3 is 0 Å². The molecule has 0 amide bonds. The molecule has 0 spiro atoms. The van der Waals surface area contributed by atoms with E-state index in [2.05, 4.69) is 154 Å². The van der Waals surface area contributed by atoms with Gasteiger partial charge in [-0.1, -0.05) is 135 Å². The van der Waals surface area contributed by atoms with E-state index in [0.717, 1.165) is 17.1 Å². The summed E-state index contributed by atoms with van der Waals surface area (Å²) in [6.45, 7) is 25.4. The molecule has 2 nitrogen and oxygen atoms in total. The molecular formula is C34H47N2P. The Bertz CT molecular complexity index is 1200. The highest BCUT2D eigenvalue weighted by atomic mass is 31.1. The summed E-state index contributed by atoms with van der Waals surface area (Å²) in [6, 6.07) is 26.5. The lowest BCUT2D eigenvalue weighted by atomic mass is 9.85. The third kappa shape index (κ3) is 6.91. The predicted octanol–water partition coefficient (Wildman–Crippen LogP) is 10.4. The first-order valence-electron chi connectivity index (χ1n) is 13.6. The van der Waals surface area contributed by atoms with Crippen molar-refractivity contribution in [2.75, 3.05) is 4.67 Å². The van der Waals surface area contributed by atoms with Gasteiger partial charge in [-0.15, -0.1) is 0 Å². The van der Waals surface area contributed by atoms with E-state index in [1.165, 1.54) is 22.4 Å². The first kappa shape index (κ1) is 29.1. The zero-order valence-electron chi connectivity index (χ0n) is 24.9. The van der Waals surface area contributed by atoms with E-state index in [4.69, 9.17) is 4.99 Å². The number of aliphatic imine (C=N–C) groups is 1. The maximum atomic E-state index is 5.57. The van der Waals surface area contributed by atoms with Crippen LogP contribution in [-0.2, 0) is 10.8 Å². The van der Waals surface area contributed by atoms with Crippen LogP contribution in [-0.4, -0.2) is 17.2 Å². The van der Waals surface area contributed by atoms with Crippen LogP contribution in [0.3, 0.4) is 0 Å². The Morgan fingerprint density at radius 1 is 0.676 bits per heavy atom. The molecule has 3 aromatic carbocycles. The van der Waals surface area contributed by atoms with Crippen molar-refractivity contribution in [2.45, 2.75) is 98.3 Å². The normalized spacial score (nSPS) is 13.1. The third-order valence-corrected chi connectivity index (χ3v) is 9.66. The molecule has 0 N–H and O–H groups in total. The molecule has 0 aromatic heterocycles. The van der Waals surface area contributed by atoms with Gasteiger partial charge in [-0.25, -0.2) is 4.99 Å². The van der Waals surface area contributed by atoms with Gasteiger partial charge in [0.05, 0.1) is 5.69 Å². The Kier molecular flexibility index (Phi) is 9.07. The molecule has 0 saturated heterocycles. The quantitative estimate of drug-likeness (QED) is 0.181. The highest BCUT2D eigenvalue weighted by Crippen LogP contribution is 2.54. The standard InChI is InChI=1S/C34H47N2P/c1-24(2)37(25(3)4)36(31-19-15-13-17-29(31)34(9,10)11)32(27-22-20-26(5)21-23-27)35-30-18-14-12-16-28(30)33(6,7)8/h12-25H,1-11H3/b35-32+. The summed E-state index contributed by atoms with van der Waals surface area (Å²) in [5.74, 6) is 1.04. The summed E-state index contributed by atoms with van der Waals surface area (Å²) in [4.78, 5) is 5.57. The maximum absolute atomic E-state index is 5.57.